The number of carbonyl (C=O) groups excluding carboxylic acids is 1. The van der Waals surface area contributed by atoms with Gasteiger partial charge in [-0.05, 0) is 19.1 Å². The van der Waals surface area contributed by atoms with E-state index in [-0.39, 0.29) is 11.4 Å². The maximum absolute atomic E-state index is 12.1. The third kappa shape index (κ3) is 2.63. The summed E-state index contributed by atoms with van der Waals surface area (Å²) in [4.78, 5) is 17.5. The second kappa shape index (κ2) is 5.45. The van der Waals surface area contributed by atoms with Gasteiger partial charge in [-0.25, -0.2) is 14.3 Å². The fourth-order valence-corrected chi connectivity index (χ4v) is 3.85. The van der Waals surface area contributed by atoms with Crippen molar-refractivity contribution in [3.8, 4) is 10.6 Å². The van der Waals surface area contributed by atoms with Crippen LogP contribution in [-0.2, 0) is 10.2 Å². The quantitative estimate of drug-likeness (QED) is 0.670. The standard InChI is InChI=1S/C17H19N3O2S/c1-10-12(11-8-6-7-9-20(11)19-10)15-18-14(17(2,3)4)13(23-15)16(21)22-5/h6-9H,1-5H3. The third-order valence-electron chi connectivity index (χ3n) is 3.64. The molecule has 0 unspecified atom stereocenters. The van der Waals surface area contributed by atoms with E-state index in [0.29, 0.717) is 4.88 Å². The van der Waals surface area contributed by atoms with E-state index in [1.807, 2.05) is 56.6 Å². The van der Waals surface area contributed by atoms with E-state index in [1.54, 1.807) is 0 Å². The molecule has 3 aromatic heterocycles. The molecule has 120 valence electrons. The van der Waals surface area contributed by atoms with Crippen molar-refractivity contribution in [3.63, 3.8) is 0 Å². The number of pyridine rings is 1. The zero-order chi connectivity index (χ0) is 16.8. The summed E-state index contributed by atoms with van der Waals surface area (Å²) in [6.07, 6.45) is 1.91. The molecule has 0 saturated heterocycles. The number of carbonyl (C=O) groups is 1. The van der Waals surface area contributed by atoms with Gasteiger partial charge >= 0.3 is 5.97 Å². The van der Waals surface area contributed by atoms with Gasteiger partial charge in [-0.3, -0.25) is 0 Å². The molecule has 3 heterocycles. The van der Waals surface area contributed by atoms with Crippen LogP contribution in [0.2, 0.25) is 0 Å². The van der Waals surface area contributed by atoms with E-state index in [9.17, 15) is 4.79 Å². The molecule has 0 aromatic carbocycles. The Morgan fingerprint density at radius 2 is 2.04 bits per heavy atom. The number of rotatable bonds is 2. The minimum Gasteiger partial charge on any atom is -0.465 e. The van der Waals surface area contributed by atoms with E-state index in [4.69, 9.17) is 9.72 Å². The predicted octanol–water partition coefficient (Wildman–Crippen LogP) is 3.85. The molecule has 0 aliphatic rings. The van der Waals surface area contributed by atoms with Gasteiger partial charge in [-0.15, -0.1) is 11.3 Å². The number of ether oxygens (including phenoxy) is 1. The maximum Gasteiger partial charge on any atom is 0.350 e. The number of nitrogens with zero attached hydrogens (tertiary/aromatic N) is 3. The van der Waals surface area contributed by atoms with Crippen LogP contribution in [0.5, 0.6) is 0 Å². The topological polar surface area (TPSA) is 56.5 Å². The highest BCUT2D eigenvalue weighted by molar-refractivity contribution is 7.17. The highest BCUT2D eigenvalue weighted by Crippen LogP contribution is 2.37. The zero-order valence-electron chi connectivity index (χ0n) is 13.9. The normalized spacial score (nSPS) is 11.9. The van der Waals surface area contributed by atoms with Crippen molar-refractivity contribution in [1.82, 2.24) is 14.6 Å². The summed E-state index contributed by atoms with van der Waals surface area (Å²) >= 11 is 1.37. The molecular weight excluding hydrogens is 310 g/mol. The molecule has 0 bridgehead atoms. The first-order valence-corrected chi connectivity index (χ1v) is 8.18. The smallest absolute Gasteiger partial charge is 0.350 e. The summed E-state index contributed by atoms with van der Waals surface area (Å²) in [6.45, 7) is 8.09. The molecule has 0 saturated carbocycles. The summed E-state index contributed by atoms with van der Waals surface area (Å²) in [5.74, 6) is -0.340. The lowest BCUT2D eigenvalue weighted by molar-refractivity contribution is 0.0603. The van der Waals surface area contributed by atoms with E-state index in [1.165, 1.54) is 18.4 Å². The molecule has 5 nitrogen and oxygen atoms in total. The van der Waals surface area contributed by atoms with Gasteiger partial charge in [0.05, 0.1) is 29.6 Å². The summed E-state index contributed by atoms with van der Waals surface area (Å²) in [7, 11) is 1.40. The fraction of sp³-hybridized carbons (Fsp3) is 0.353. The second-order valence-electron chi connectivity index (χ2n) is 6.43. The van der Waals surface area contributed by atoms with Gasteiger partial charge < -0.3 is 4.74 Å². The Bertz CT molecular complexity index is 887. The number of aromatic nitrogens is 3. The van der Waals surface area contributed by atoms with E-state index >= 15 is 0 Å². The summed E-state index contributed by atoms with van der Waals surface area (Å²) < 4.78 is 6.77. The van der Waals surface area contributed by atoms with Gasteiger partial charge in [0, 0.05) is 11.6 Å². The highest BCUT2D eigenvalue weighted by atomic mass is 32.1. The molecular formula is C17H19N3O2S. The van der Waals surface area contributed by atoms with Crippen molar-refractivity contribution in [2.45, 2.75) is 33.1 Å². The van der Waals surface area contributed by atoms with Crippen LogP contribution in [0.3, 0.4) is 0 Å². The van der Waals surface area contributed by atoms with Crippen LogP contribution in [0.25, 0.3) is 16.1 Å². The Morgan fingerprint density at radius 1 is 1.30 bits per heavy atom. The van der Waals surface area contributed by atoms with Crippen molar-refractivity contribution in [2.24, 2.45) is 0 Å². The SMILES string of the molecule is COC(=O)c1sc(-c2c(C)nn3ccccc23)nc1C(C)(C)C. The van der Waals surface area contributed by atoms with Crippen molar-refractivity contribution >= 4 is 22.8 Å². The van der Waals surface area contributed by atoms with Crippen molar-refractivity contribution in [2.75, 3.05) is 7.11 Å². The number of fused-ring (bicyclic) bond motifs is 1. The average molecular weight is 329 g/mol. The minimum absolute atomic E-state index is 0.241. The van der Waals surface area contributed by atoms with Crippen LogP contribution >= 0.6 is 11.3 Å². The van der Waals surface area contributed by atoms with Gasteiger partial charge in [0.1, 0.15) is 9.88 Å². The van der Waals surface area contributed by atoms with Crippen LogP contribution in [0, 0.1) is 6.92 Å². The zero-order valence-corrected chi connectivity index (χ0v) is 14.7. The molecule has 0 radical (unpaired) electrons. The first kappa shape index (κ1) is 15.7. The van der Waals surface area contributed by atoms with Gasteiger partial charge in [-0.1, -0.05) is 26.8 Å². The van der Waals surface area contributed by atoms with Gasteiger partial charge in [0.25, 0.3) is 0 Å². The molecule has 0 amide bonds. The van der Waals surface area contributed by atoms with E-state index < -0.39 is 0 Å². The van der Waals surface area contributed by atoms with E-state index in [0.717, 1.165) is 27.5 Å². The number of methoxy groups -OCH3 is 1. The van der Waals surface area contributed by atoms with Crippen molar-refractivity contribution in [1.29, 1.82) is 0 Å². The average Bonchev–Trinajstić information content (AvgIpc) is 3.06. The van der Waals surface area contributed by atoms with Crippen LogP contribution < -0.4 is 0 Å². The number of hydrogen-bond donors (Lipinski definition) is 0. The first-order valence-electron chi connectivity index (χ1n) is 7.37. The van der Waals surface area contributed by atoms with Gasteiger partial charge in [0.2, 0.25) is 0 Å². The first-order chi connectivity index (χ1) is 10.8. The molecule has 0 N–H and O–H groups in total. The number of thiazole rings is 1. The Kier molecular flexibility index (Phi) is 3.72. The summed E-state index contributed by atoms with van der Waals surface area (Å²) in [5.41, 5.74) is 3.36. The summed E-state index contributed by atoms with van der Waals surface area (Å²) in [6, 6.07) is 5.91. The fourth-order valence-electron chi connectivity index (χ4n) is 2.55. The van der Waals surface area contributed by atoms with Crippen LogP contribution in [0.15, 0.2) is 24.4 Å². The monoisotopic (exact) mass is 329 g/mol. The van der Waals surface area contributed by atoms with Crippen molar-refractivity contribution < 1.29 is 9.53 Å². The molecule has 0 atom stereocenters. The summed E-state index contributed by atoms with van der Waals surface area (Å²) in [5, 5.41) is 5.32. The second-order valence-corrected chi connectivity index (χ2v) is 7.43. The lowest BCUT2D eigenvalue weighted by Gasteiger charge is -2.16. The largest absolute Gasteiger partial charge is 0.465 e. The highest BCUT2D eigenvalue weighted by Gasteiger charge is 2.29. The minimum atomic E-state index is -0.340. The molecule has 23 heavy (non-hydrogen) atoms. The van der Waals surface area contributed by atoms with Gasteiger partial charge in [0.15, 0.2) is 0 Å². The lowest BCUT2D eigenvalue weighted by atomic mass is 9.91. The number of esters is 1. The van der Waals surface area contributed by atoms with Gasteiger partial charge in [-0.2, -0.15) is 5.10 Å². The van der Waals surface area contributed by atoms with Crippen LogP contribution in [0.4, 0.5) is 0 Å². The molecule has 0 spiro atoms. The molecule has 0 aliphatic heterocycles. The van der Waals surface area contributed by atoms with Crippen LogP contribution in [0.1, 0.15) is 41.8 Å². The van der Waals surface area contributed by atoms with Crippen LogP contribution in [-0.4, -0.2) is 27.7 Å². The molecule has 3 rings (SSSR count). The Labute approximate surface area is 138 Å². The van der Waals surface area contributed by atoms with Crippen molar-refractivity contribution in [3.05, 3.63) is 40.7 Å². The third-order valence-corrected chi connectivity index (χ3v) is 4.69. The Hall–Kier alpha value is -2.21. The molecule has 0 aliphatic carbocycles. The molecule has 6 heteroatoms. The Morgan fingerprint density at radius 3 is 2.70 bits per heavy atom. The van der Waals surface area contributed by atoms with E-state index in [2.05, 4.69) is 5.10 Å². The molecule has 3 aromatic rings. The lowest BCUT2D eigenvalue weighted by Crippen LogP contribution is -2.16. The number of aryl methyl sites for hydroxylation is 1. The molecule has 0 fully saturated rings. The maximum atomic E-state index is 12.1. The number of hydrogen-bond acceptors (Lipinski definition) is 5. The predicted molar refractivity (Wildman–Crippen MR) is 91.1 cm³/mol. The Balaban J connectivity index is 2.26.